The molecule has 1 amide bonds. The van der Waals surface area contributed by atoms with Gasteiger partial charge in [0.15, 0.2) is 0 Å². The summed E-state index contributed by atoms with van der Waals surface area (Å²) >= 11 is 3.68. The number of carbonyl (C=O) groups is 1. The van der Waals surface area contributed by atoms with Gasteiger partial charge in [0.05, 0.1) is 14.6 Å². The van der Waals surface area contributed by atoms with Crippen molar-refractivity contribution in [2.24, 2.45) is 0 Å². The van der Waals surface area contributed by atoms with E-state index in [2.05, 4.69) is 27.9 Å². The summed E-state index contributed by atoms with van der Waals surface area (Å²) in [6.07, 6.45) is -0.734. The zero-order chi connectivity index (χ0) is 13.8. The molecule has 2 rings (SSSR count). The number of amides is 1. The second-order valence-corrected chi connectivity index (χ2v) is 6.84. The molecular weight excluding hydrogens is 375 g/mol. The fourth-order valence-corrected chi connectivity index (χ4v) is 2.88. The molecule has 2 aromatic rings. The van der Waals surface area contributed by atoms with Crippen LogP contribution in [0.4, 0.5) is 5.69 Å². The van der Waals surface area contributed by atoms with E-state index < -0.39 is 6.10 Å². The lowest BCUT2D eigenvalue weighted by Crippen LogP contribution is -2.28. The lowest BCUT2D eigenvalue weighted by atomic mass is 10.1. The molecule has 1 heterocycles. The minimum absolute atomic E-state index is 0.173. The second-order valence-electron chi connectivity index (χ2n) is 4.03. The number of benzene rings is 1. The number of hydrogen-bond donors (Lipinski definition) is 3. The molecule has 1 atom stereocenters. The van der Waals surface area contributed by atoms with E-state index in [4.69, 9.17) is 5.73 Å². The summed E-state index contributed by atoms with van der Waals surface area (Å²) in [5.41, 5.74) is 7.58. The Labute approximate surface area is 128 Å². The van der Waals surface area contributed by atoms with E-state index >= 15 is 0 Å². The zero-order valence-corrected chi connectivity index (χ0v) is 12.9. The molecule has 0 aliphatic carbocycles. The summed E-state index contributed by atoms with van der Waals surface area (Å²) in [6.45, 7) is 0.176. The predicted molar refractivity (Wildman–Crippen MR) is 85.2 cm³/mol. The Kier molecular flexibility index (Phi) is 4.78. The van der Waals surface area contributed by atoms with Crippen molar-refractivity contribution in [2.75, 3.05) is 12.3 Å². The fraction of sp³-hybridized carbons (Fsp3) is 0.154. The Morgan fingerprint density at radius 2 is 2.11 bits per heavy atom. The Bertz CT molecular complexity index is 568. The van der Waals surface area contributed by atoms with Crippen LogP contribution in [0.5, 0.6) is 0 Å². The van der Waals surface area contributed by atoms with Gasteiger partial charge in [-0.05, 0) is 46.4 Å². The van der Waals surface area contributed by atoms with Crippen molar-refractivity contribution >= 4 is 45.5 Å². The molecule has 4 nitrogen and oxygen atoms in total. The van der Waals surface area contributed by atoms with Crippen LogP contribution in [0, 0.1) is 2.88 Å². The molecular formula is C13H13IN2O2S. The maximum Gasteiger partial charge on any atom is 0.252 e. The Balaban J connectivity index is 1.91. The van der Waals surface area contributed by atoms with Crippen LogP contribution in [0.3, 0.4) is 0 Å². The minimum atomic E-state index is -0.734. The smallest absolute Gasteiger partial charge is 0.252 e. The SMILES string of the molecule is Nc1ccc(C(O)CNC(=O)c2csc(I)c2)cc1. The third kappa shape index (κ3) is 3.92. The molecule has 19 heavy (non-hydrogen) atoms. The Morgan fingerprint density at radius 3 is 2.68 bits per heavy atom. The number of anilines is 1. The molecule has 0 saturated carbocycles. The van der Waals surface area contributed by atoms with Crippen molar-refractivity contribution in [3.63, 3.8) is 0 Å². The Hall–Kier alpha value is -1.12. The van der Waals surface area contributed by atoms with E-state index in [1.54, 1.807) is 29.6 Å². The molecule has 1 unspecified atom stereocenters. The van der Waals surface area contributed by atoms with Crippen molar-refractivity contribution in [3.05, 3.63) is 49.7 Å². The standard InChI is InChI=1S/C13H13IN2O2S/c14-12-5-9(7-19-12)13(18)16-6-11(17)8-1-3-10(15)4-2-8/h1-5,7,11,17H,6,15H2,(H,16,18). The number of rotatable bonds is 4. The van der Waals surface area contributed by atoms with Gasteiger partial charge in [-0.1, -0.05) is 12.1 Å². The number of aliphatic hydroxyl groups excluding tert-OH is 1. The predicted octanol–water partition coefficient (Wildman–Crippen LogP) is 2.40. The first-order chi connectivity index (χ1) is 9.06. The molecule has 1 aromatic heterocycles. The van der Waals surface area contributed by atoms with Gasteiger partial charge in [0.1, 0.15) is 0 Å². The fourth-order valence-electron chi connectivity index (χ4n) is 1.56. The largest absolute Gasteiger partial charge is 0.399 e. The highest BCUT2D eigenvalue weighted by Gasteiger charge is 2.11. The van der Waals surface area contributed by atoms with Crippen LogP contribution < -0.4 is 11.1 Å². The van der Waals surface area contributed by atoms with Crippen molar-refractivity contribution < 1.29 is 9.90 Å². The number of halogens is 1. The monoisotopic (exact) mass is 388 g/mol. The maximum absolute atomic E-state index is 11.8. The number of nitrogens with one attached hydrogen (secondary N) is 1. The maximum atomic E-state index is 11.8. The van der Waals surface area contributed by atoms with Crippen LogP contribution in [-0.4, -0.2) is 17.6 Å². The molecule has 6 heteroatoms. The number of aliphatic hydroxyl groups is 1. The van der Waals surface area contributed by atoms with Crippen LogP contribution in [0.1, 0.15) is 22.0 Å². The van der Waals surface area contributed by atoms with Gasteiger partial charge in [0.2, 0.25) is 0 Å². The van der Waals surface area contributed by atoms with Crippen LogP contribution in [0.2, 0.25) is 0 Å². The third-order valence-electron chi connectivity index (χ3n) is 2.61. The summed E-state index contributed by atoms with van der Waals surface area (Å²) in [5.74, 6) is -0.173. The molecule has 0 aliphatic rings. The average molecular weight is 388 g/mol. The first kappa shape index (κ1) is 14.3. The molecule has 4 N–H and O–H groups in total. The highest BCUT2D eigenvalue weighted by molar-refractivity contribution is 14.1. The topological polar surface area (TPSA) is 75.3 Å². The van der Waals surface area contributed by atoms with Crippen LogP contribution in [0.25, 0.3) is 0 Å². The highest BCUT2D eigenvalue weighted by atomic mass is 127. The molecule has 1 aromatic carbocycles. The van der Waals surface area contributed by atoms with E-state index in [0.717, 1.165) is 8.45 Å². The molecule has 0 radical (unpaired) electrons. The molecule has 0 fully saturated rings. The second kappa shape index (κ2) is 6.36. The first-order valence-electron chi connectivity index (χ1n) is 5.62. The average Bonchev–Trinajstić information content (AvgIpc) is 2.83. The minimum Gasteiger partial charge on any atom is -0.399 e. The van der Waals surface area contributed by atoms with Gasteiger partial charge in [-0.25, -0.2) is 0 Å². The van der Waals surface area contributed by atoms with E-state index in [1.807, 2.05) is 6.07 Å². The van der Waals surface area contributed by atoms with Crippen molar-refractivity contribution in [2.45, 2.75) is 6.10 Å². The molecule has 0 aliphatic heterocycles. The lowest BCUT2D eigenvalue weighted by Gasteiger charge is -2.12. The van der Waals surface area contributed by atoms with Gasteiger partial charge in [0, 0.05) is 17.6 Å². The van der Waals surface area contributed by atoms with Gasteiger partial charge >= 0.3 is 0 Å². The van der Waals surface area contributed by atoms with E-state index in [0.29, 0.717) is 11.3 Å². The number of hydrogen-bond acceptors (Lipinski definition) is 4. The summed E-state index contributed by atoms with van der Waals surface area (Å²) < 4.78 is 1.06. The normalized spacial score (nSPS) is 12.1. The molecule has 0 spiro atoms. The van der Waals surface area contributed by atoms with Crippen molar-refractivity contribution in [1.29, 1.82) is 0 Å². The van der Waals surface area contributed by atoms with Gasteiger partial charge < -0.3 is 16.2 Å². The summed E-state index contributed by atoms with van der Waals surface area (Å²) in [6, 6.07) is 8.76. The lowest BCUT2D eigenvalue weighted by molar-refractivity contribution is 0.0916. The van der Waals surface area contributed by atoms with Gasteiger partial charge in [-0.15, -0.1) is 11.3 Å². The summed E-state index contributed by atoms with van der Waals surface area (Å²) in [4.78, 5) is 11.8. The number of nitrogens with two attached hydrogens (primary N) is 1. The first-order valence-corrected chi connectivity index (χ1v) is 7.58. The summed E-state index contributed by atoms with van der Waals surface area (Å²) in [5, 5.41) is 14.5. The van der Waals surface area contributed by atoms with Crippen LogP contribution >= 0.6 is 33.9 Å². The van der Waals surface area contributed by atoms with Crippen molar-refractivity contribution in [1.82, 2.24) is 5.32 Å². The summed E-state index contributed by atoms with van der Waals surface area (Å²) in [7, 11) is 0. The molecule has 0 bridgehead atoms. The van der Waals surface area contributed by atoms with Gasteiger partial charge in [-0.2, -0.15) is 0 Å². The van der Waals surface area contributed by atoms with E-state index in [-0.39, 0.29) is 12.5 Å². The van der Waals surface area contributed by atoms with Gasteiger partial charge in [0.25, 0.3) is 5.91 Å². The molecule has 100 valence electrons. The van der Waals surface area contributed by atoms with E-state index in [9.17, 15) is 9.90 Å². The van der Waals surface area contributed by atoms with Crippen molar-refractivity contribution in [3.8, 4) is 0 Å². The third-order valence-corrected chi connectivity index (χ3v) is 4.40. The zero-order valence-electron chi connectivity index (χ0n) is 9.97. The molecule has 0 saturated heterocycles. The quantitative estimate of drug-likeness (QED) is 0.556. The highest BCUT2D eigenvalue weighted by Crippen LogP contribution is 2.17. The van der Waals surface area contributed by atoms with Crippen LogP contribution in [-0.2, 0) is 0 Å². The van der Waals surface area contributed by atoms with E-state index in [1.165, 1.54) is 11.3 Å². The van der Waals surface area contributed by atoms with Gasteiger partial charge in [-0.3, -0.25) is 4.79 Å². The number of nitrogen functional groups attached to an aromatic ring is 1. The van der Waals surface area contributed by atoms with Crippen LogP contribution in [0.15, 0.2) is 35.7 Å². The Morgan fingerprint density at radius 1 is 1.42 bits per heavy atom. The number of carbonyl (C=O) groups excluding carboxylic acids is 1. The number of thiophene rings is 1.